The van der Waals surface area contributed by atoms with Crippen molar-refractivity contribution in [3.63, 3.8) is 0 Å². The second-order valence-corrected chi connectivity index (χ2v) is 5.49. The van der Waals surface area contributed by atoms with E-state index in [1.165, 1.54) is 38.5 Å². The fourth-order valence-electron chi connectivity index (χ4n) is 2.85. The Morgan fingerprint density at radius 2 is 1.88 bits per heavy atom. The zero-order valence-electron chi connectivity index (χ0n) is 11.2. The van der Waals surface area contributed by atoms with Gasteiger partial charge in [-0.05, 0) is 30.1 Å². The van der Waals surface area contributed by atoms with Crippen LogP contribution in [0.3, 0.4) is 0 Å². The fraction of sp³-hybridized carbons (Fsp3) is 0.867. The molecule has 1 N–H and O–H groups in total. The first kappa shape index (κ1) is 13.8. The highest BCUT2D eigenvalue weighted by Gasteiger charge is 2.57. The lowest BCUT2D eigenvalue weighted by atomic mass is 9.97. The highest BCUT2D eigenvalue weighted by Crippen LogP contribution is 2.61. The summed E-state index contributed by atoms with van der Waals surface area (Å²) in [7, 11) is 0. The van der Waals surface area contributed by atoms with Crippen LogP contribution in [0.4, 0.5) is 0 Å². The van der Waals surface area contributed by atoms with Crippen LogP contribution in [0, 0.1) is 17.3 Å². The van der Waals surface area contributed by atoms with E-state index >= 15 is 0 Å². The van der Waals surface area contributed by atoms with Crippen LogP contribution in [0.1, 0.15) is 59.3 Å². The van der Waals surface area contributed by atoms with Gasteiger partial charge < -0.3 is 5.11 Å². The lowest BCUT2D eigenvalue weighted by Gasteiger charge is -2.09. The van der Waals surface area contributed by atoms with Crippen molar-refractivity contribution in [3.8, 4) is 0 Å². The molecule has 0 aromatic rings. The van der Waals surface area contributed by atoms with E-state index in [9.17, 15) is 5.11 Å². The molecule has 0 unspecified atom stereocenters. The third-order valence-electron chi connectivity index (χ3n) is 4.27. The number of aliphatic hydroxyl groups is 1. The number of hydrogen-bond acceptors (Lipinski definition) is 1. The Morgan fingerprint density at radius 3 is 2.44 bits per heavy atom. The van der Waals surface area contributed by atoms with Gasteiger partial charge in [-0.1, -0.05) is 58.6 Å². The maximum absolute atomic E-state index is 9.38. The van der Waals surface area contributed by atoms with E-state index in [1.807, 2.05) is 0 Å². The maximum atomic E-state index is 9.38. The van der Waals surface area contributed by atoms with Crippen LogP contribution in [0.5, 0.6) is 0 Å². The molecule has 1 aliphatic carbocycles. The Morgan fingerprint density at radius 1 is 1.19 bits per heavy atom. The second kappa shape index (κ2) is 6.44. The molecule has 1 nitrogen and oxygen atoms in total. The molecule has 0 heterocycles. The van der Waals surface area contributed by atoms with Gasteiger partial charge in [-0.3, -0.25) is 0 Å². The van der Waals surface area contributed by atoms with E-state index < -0.39 is 0 Å². The average molecular weight is 224 g/mol. The Labute approximate surface area is 101 Å². The Hall–Kier alpha value is -0.300. The summed E-state index contributed by atoms with van der Waals surface area (Å²) in [4.78, 5) is 0. The molecule has 1 fully saturated rings. The molecule has 94 valence electrons. The first-order valence-electron chi connectivity index (χ1n) is 6.98. The van der Waals surface area contributed by atoms with E-state index in [2.05, 4.69) is 32.9 Å². The summed E-state index contributed by atoms with van der Waals surface area (Å²) in [5, 5.41) is 9.38. The lowest BCUT2D eigenvalue weighted by molar-refractivity contribution is 0.248. The topological polar surface area (TPSA) is 20.2 Å². The molecule has 0 spiro atoms. The predicted molar refractivity (Wildman–Crippen MR) is 70.4 cm³/mol. The van der Waals surface area contributed by atoms with Gasteiger partial charge in [0.05, 0.1) is 0 Å². The molecule has 3 atom stereocenters. The number of aliphatic hydroxyl groups excluding tert-OH is 1. The monoisotopic (exact) mass is 224 g/mol. The Balaban J connectivity index is 2.38. The quantitative estimate of drug-likeness (QED) is 0.484. The molecule has 0 radical (unpaired) electrons. The Bertz CT molecular complexity index is 221. The molecule has 1 heteroatoms. The minimum absolute atomic E-state index is 0.364. The SMILES string of the molecule is CCCC/C=C\[C@@H]1[C@H](CO)[C@@]1(C)CCCC. The van der Waals surface area contributed by atoms with Crippen LogP contribution in [0.2, 0.25) is 0 Å². The first-order chi connectivity index (χ1) is 7.70. The van der Waals surface area contributed by atoms with Crippen LogP contribution in [-0.4, -0.2) is 11.7 Å². The van der Waals surface area contributed by atoms with Crippen LogP contribution < -0.4 is 0 Å². The summed E-state index contributed by atoms with van der Waals surface area (Å²) in [6.45, 7) is 7.18. The molecule has 16 heavy (non-hydrogen) atoms. The largest absolute Gasteiger partial charge is 0.396 e. The van der Waals surface area contributed by atoms with Crippen molar-refractivity contribution in [1.29, 1.82) is 0 Å². The van der Waals surface area contributed by atoms with Gasteiger partial charge in [0.2, 0.25) is 0 Å². The second-order valence-electron chi connectivity index (χ2n) is 5.49. The van der Waals surface area contributed by atoms with Crippen molar-refractivity contribution >= 4 is 0 Å². The zero-order valence-corrected chi connectivity index (χ0v) is 11.2. The van der Waals surface area contributed by atoms with Crippen LogP contribution in [0.25, 0.3) is 0 Å². The number of allylic oxidation sites excluding steroid dienone is 2. The van der Waals surface area contributed by atoms with Crippen molar-refractivity contribution < 1.29 is 5.11 Å². The minimum atomic E-state index is 0.364. The molecule has 0 aromatic carbocycles. The molecular formula is C15H28O. The van der Waals surface area contributed by atoms with Crippen LogP contribution >= 0.6 is 0 Å². The molecule has 1 aliphatic rings. The van der Waals surface area contributed by atoms with E-state index in [0.717, 1.165) is 0 Å². The molecule has 0 amide bonds. The van der Waals surface area contributed by atoms with Gasteiger partial charge in [0, 0.05) is 6.61 Å². The van der Waals surface area contributed by atoms with E-state index in [-0.39, 0.29) is 0 Å². The normalized spacial score (nSPS) is 33.5. The summed E-state index contributed by atoms with van der Waals surface area (Å²) in [6.07, 6.45) is 12.3. The lowest BCUT2D eigenvalue weighted by Crippen LogP contribution is -2.01. The van der Waals surface area contributed by atoms with Crippen molar-refractivity contribution in [1.82, 2.24) is 0 Å². The third-order valence-corrected chi connectivity index (χ3v) is 4.27. The minimum Gasteiger partial charge on any atom is -0.396 e. The fourth-order valence-corrected chi connectivity index (χ4v) is 2.85. The van der Waals surface area contributed by atoms with E-state index in [4.69, 9.17) is 0 Å². The third kappa shape index (κ3) is 3.10. The number of rotatable bonds is 8. The first-order valence-corrected chi connectivity index (χ1v) is 6.98. The Kier molecular flexibility index (Phi) is 5.54. The number of unbranched alkanes of at least 4 members (excludes halogenated alkanes) is 3. The van der Waals surface area contributed by atoms with Gasteiger partial charge in [0.15, 0.2) is 0 Å². The molecule has 0 aliphatic heterocycles. The molecule has 0 aromatic heterocycles. The zero-order chi connectivity index (χ0) is 12.0. The average Bonchev–Trinajstić information content (AvgIpc) is 2.86. The molecular weight excluding hydrogens is 196 g/mol. The van der Waals surface area contributed by atoms with Gasteiger partial charge >= 0.3 is 0 Å². The summed E-state index contributed by atoms with van der Waals surface area (Å²) in [5.74, 6) is 1.16. The summed E-state index contributed by atoms with van der Waals surface area (Å²) in [5.41, 5.74) is 0.396. The molecule has 0 bridgehead atoms. The molecule has 0 saturated heterocycles. The summed E-state index contributed by atoms with van der Waals surface area (Å²) in [6, 6.07) is 0. The van der Waals surface area contributed by atoms with Crippen molar-refractivity contribution in [2.75, 3.05) is 6.61 Å². The predicted octanol–water partition coefficient (Wildman–Crippen LogP) is 4.17. The van der Waals surface area contributed by atoms with Gasteiger partial charge in [0.1, 0.15) is 0 Å². The van der Waals surface area contributed by atoms with E-state index in [0.29, 0.717) is 23.9 Å². The van der Waals surface area contributed by atoms with Gasteiger partial charge in [-0.25, -0.2) is 0 Å². The van der Waals surface area contributed by atoms with Gasteiger partial charge in [-0.15, -0.1) is 0 Å². The van der Waals surface area contributed by atoms with E-state index in [1.54, 1.807) is 0 Å². The molecule has 1 saturated carbocycles. The molecule has 1 rings (SSSR count). The highest BCUT2D eigenvalue weighted by atomic mass is 16.3. The van der Waals surface area contributed by atoms with Gasteiger partial charge in [0.25, 0.3) is 0 Å². The highest BCUT2D eigenvalue weighted by molar-refractivity contribution is 5.15. The van der Waals surface area contributed by atoms with Crippen molar-refractivity contribution in [3.05, 3.63) is 12.2 Å². The van der Waals surface area contributed by atoms with Crippen molar-refractivity contribution in [2.45, 2.75) is 59.3 Å². The summed E-state index contributed by atoms with van der Waals surface area (Å²) < 4.78 is 0. The summed E-state index contributed by atoms with van der Waals surface area (Å²) >= 11 is 0. The van der Waals surface area contributed by atoms with Crippen LogP contribution in [0.15, 0.2) is 12.2 Å². The van der Waals surface area contributed by atoms with Crippen molar-refractivity contribution in [2.24, 2.45) is 17.3 Å². The maximum Gasteiger partial charge on any atom is 0.0470 e. The van der Waals surface area contributed by atoms with Crippen LogP contribution in [-0.2, 0) is 0 Å². The smallest absolute Gasteiger partial charge is 0.0470 e. The number of hydrogen-bond donors (Lipinski definition) is 1. The van der Waals surface area contributed by atoms with Gasteiger partial charge in [-0.2, -0.15) is 0 Å². The standard InChI is InChI=1S/C15H28O/c1-4-6-8-9-10-13-14(12-16)15(13,3)11-7-5-2/h9-10,13-14,16H,4-8,11-12H2,1-3H3/b10-9-/t13-,14+,15+/m1/s1.